The molecule has 0 atom stereocenters. The number of rotatable bonds is 5. The second kappa shape index (κ2) is 5.89. The van der Waals surface area contributed by atoms with Crippen LogP contribution in [0.4, 0.5) is 0 Å². The average Bonchev–Trinajstić information content (AvgIpc) is 2.37. The van der Waals surface area contributed by atoms with Gasteiger partial charge >= 0.3 is 0 Å². The molecule has 0 aliphatic rings. The molecule has 1 aromatic rings. The van der Waals surface area contributed by atoms with Crippen LogP contribution in [0.25, 0.3) is 5.57 Å². The van der Waals surface area contributed by atoms with Crippen LogP contribution >= 0.6 is 0 Å². The van der Waals surface area contributed by atoms with Crippen LogP contribution in [-0.2, 0) is 11.2 Å². The molecule has 0 radical (unpaired) electrons. The Labute approximate surface area is 114 Å². The van der Waals surface area contributed by atoms with E-state index < -0.39 is 5.41 Å². The van der Waals surface area contributed by atoms with Crippen molar-refractivity contribution in [1.29, 1.82) is 0 Å². The average molecular weight is 262 g/mol. The molecule has 4 nitrogen and oxygen atoms in total. The zero-order valence-corrected chi connectivity index (χ0v) is 11.8. The number of phenolic OH excluding ortho intramolecular Hbond substituents is 1. The number of phenols is 1. The number of nitrogens with two attached hydrogens (primary N) is 1. The lowest BCUT2D eigenvalue weighted by molar-refractivity contribution is -0.129. The molecule has 0 aromatic heterocycles. The highest BCUT2D eigenvalue weighted by Gasteiger charge is 2.28. The fraction of sp³-hybridized carbons (Fsp3) is 0.400. The predicted octanol–water partition coefficient (Wildman–Crippen LogP) is 2.37. The van der Waals surface area contributed by atoms with Crippen LogP contribution in [0.1, 0.15) is 38.3 Å². The SMILES string of the molecule is C=C(CC(C)(C)C(=O)NN)c1ccc(O)c(CC)c1. The highest BCUT2D eigenvalue weighted by Crippen LogP contribution is 2.31. The number of hydrogen-bond donors (Lipinski definition) is 3. The number of hydrogen-bond acceptors (Lipinski definition) is 3. The van der Waals surface area contributed by atoms with E-state index in [1.807, 2.05) is 32.9 Å². The molecule has 104 valence electrons. The molecule has 0 saturated heterocycles. The molecule has 0 aliphatic carbocycles. The zero-order valence-electron chi connectivity index (χ0n) is 11.8. The lowest BCUT2D eigenvalue weighted by atomic mass is 9.83. The van der Waals surface area contributed by atoms with E-state index in [1.54, 1.807) is 6.07 Å². The summed E-state index contributed by atoms with van der Waals surface area (Å²) < 4.78 is 0. The Hall–Kier alpha value is -1.81. The van der Waals surface area contributed by atoms with Crippen LogP contribution in [-0.4, -0.2) is 11.0 Å². The van der Waals surface area contributed by atoms with E-state index in [-0.39, 0.29) is 11.7 Å². The van der Waals surface area contributed by atoms with Crippen molar-refractivity contribution in [2.45, 2.75) is 33.6 Å². The molecule has 0 spiro atoms. The molecule has 0 bridgehead atoms. The summed E-state index contributed by atoms with van der Waals surface area (Å²) in [7, 11) is 0. The van der Waals surface area contributed by atoms with Gasteiger partial charge in [-0.3, -0.25) is 10.2 Å². The van der Waals surface area contributed by atoms with Crippen molar-refractivity contribution in [3.05, 3.63) is 35.9 Å². The Morgan fingerprint density at radius 1 is 1.47 bits per heavy atom. The number of amides is 1. The predicted molar refractivity (Wildman–Crippen MR) is 77.2 cm³/mol. The molecule has 1 aromatic carbocycles. The number of benzene rings is 1. The largest absolute Gasteiger partial charge is 0.508 e. The molecule has 4 N–H and O–H groups in total. The minimum atomic E-state index is -0.615. The van der Waals surface area contributed by atoms with Crippen LogP contribution in [0.3, 0.4) is 0 Å². The van der Waals surface area contributed by atoms with Gasteiger partial charge in [-0.1, -0.05) is 33.4 Å². The summed E-state index contributed by atoms with van der Waals surface area (Å²) in [5.74, 6) is 5.25. The van der Waals surface area contributed by atoms with E-state index in [0.29, 0.717) is 6.42 Å². The molecular weight excluding hydrogens is 240 g/mol. The summed E-state index contributed by atoms with van der Waals surface area (Å²) in [4.78, 5) is 11.7. The molecule has 0 unspecified atom stereocenters. The van der Waals surface area contributed by atoms with Gasteiger partial charge in [-0.05, 0) is 41.7 Å². The topological polar surface area (TPSA) is 75.4 Å². The van der Waals surface area contributed by atoms with Crippen LogP contribution in [0.5, 0.6) is 5.75 Å². The fourth-order valence-electron chi connectivity index (χ4n) is 2.00. The smallest absolute Gasteiger partial charge is 0.239 e. The van der Waals surface area contributed by atoms with Crippen molar-refractivity contribution in [2.24, 2.45) is 11.3 Å². The number of carbonyl (C=O) groups excluding carboxylic acids is 1. The minimum absolute atomic E-state index is 0.219. The van der Waals surface area contributed by atoms with Crippen LogP contribution in [0.2, 0.25) is 0 Å². The first-order valence-corrected chi connectivity index (χ1v) is 6.33. The Morgan fingerprint density at radius 2 is 2.11 bits per heavy atom. The molecular formula is C15H22N2O2. The second-order valence-corrected chi connectivity index (χ2v) is 5.33. The number of aryl methyl sites for hydroxylation is 1. The van der Waals surface area contributed by atoms with Crippen molar-refractivity contribution in [3.63, 3.8) is 0 Å². The van der Waals surface area contributed by atoms with E-state index in [0.717, 1.165) is 23.1 Å². The first-order chi connectivity index (χ1) is 8.81. The van der Waals surface area contributed by atoms with Gasteiger partial charge < -0.3 is 5.11 Å². The number of carbonyl (C=O) groups is 1. The van der Waals surface area contributed by atoms with Crippen molar-refractivity contribution in [3.8, 4) is 5.75 Å². The number of nitrogens with one attached hydrogen (secondary N) is 1. The maximum atomic E-state index is 11.7. The number of hydrazine groups is 1. The monoisotopic (exact) mass is 262 g/mol. The maximum absolute atomic E-state index is 11.7. The summed E-state index contributed by atoms with van der Waals surface area (Å²) in [6.45, 7) is 9.65. The Morgan fingerprint density at radius 3 is 2.63 bits per heavy atom. The van der Waals surface area contributed by atoms with Gasteiger partial charge in [-0.15, -0.1) is 0 Å². The van der Waals surface area contributed by atoms with E-state index in [1.165, 1.54) is 0 Å². The molecule has 0 aliphatic heterocycles. The van der Waals surface area contributed by atoms with Crippen LogP contribution in [0.15, 0.2) is 24.8 Å². The zero-order chi connectivity index (χ0) is 14.6. The molecule has 0 fully saturated rings. The first-order valence-electron chi connectivity index (χ1n) is 6.33. The van der Waals surface area contributed by atoms with E-state index in [2.05, 4.69) is 12.0 Å². The van der Waals surface area contributed by atoms with E-state index >= 15 is 0 Å². The van der Waals surface area contributed by atoms with Crippen LogP contribution in [0, 0.1) is 5.41 Å². The van der Waals surface area contributed by atoms with Gasteiger partial charge in [-0.2, -0.15) is 0 Å². The molecule has 0 saturated carbocycles. The van der Waals surface area contributed by atoms with Crippen molar-refractivity contribution >= 4 is 11.5 Å². The highest BCUT2D eigenvalue weighted by molar-refractivity contribution is 5.83. The van der Waals surface area contributed by atoms with Gasteiger partial charge in [0.1, 0.15) is 5.75 Å². The van der Waals surface area contributed by atoms with Crippen molar-refractivity contribution in [1.82, 2.24) is 5.43 Å². The molecule has 0 heterocycles. The first kappa shape index (κ1) is 15.2. The van der Waals surface area contributed by atoms with Gasteiger partial charge in [0.25, 0.3) is 0 Å². The third-order valence-electron chi connectivity index (χ3n) is 3.27. The number of aromatic hydroxyl groups is 1. The summed E-state index contributed by atoms with van der Waals surface area (Å²) in [5.41, 5.74) is 4.22. The summed E-state index contributed by atoms with van der Waals surface area (Å²) in [5, 5.41) is 9.67. The quantitative estimate of drug-likeness (QED) is 0.433. The van der Waals surface area contributed by atoms with Crippen molar-refractivity contribution < 1.29 is 9.90 Å². The Balaban J connectivity index is 2.93. The lowest BCUT2D eigenvalue weighted by Crippen LogP contribution is -2.41. The summed E-state index contributed by atoms with van der Waals surface area (Å²) >= 11 is 0. The van der Waals surface area contributed by atoms with Gasteiger partial charge in [0, 0.05) is 5.41 Å². The molecule has 4 heteroatoms. The normalized spacial score (nSPS) is 11.2. The van der Waals surface area contributed by atoms with E-state index in [9.17, 15) is 9.90 Å². The van der Waals surface area contributed by atoms with Gasteiger partial charge in [-0.25, -0.2) is 5.84 Å². The molecule has 1 amide bonds. The fourth-order valence-corrected chi connectivity index (χ4v) is 2.00. The second-order valence-electron chi connectivity index (χ2n) is 5.33. The minimum Gasteiger partial charge on any atom is -0.508 e. The Bertz CT molecular complexity index is 493. The van der Waals surface area contributed by atoms with Crippen molar-refractivity contribution in [2.75, 3.05) is 0 Å². The molecule has 1 rings (SSSR count). The summed E-state index contributed by atoms with van der Waals surface area (Å²) in [6, 6.07) is 5.39. The maximum Gasteiger partial charge on any atom is 0.239 e. The standard InChI is InChI=1S/C15H22N2O2/c1-5-11-8-12(6-7-13(11)18)10(2)9-15(3,4)14(19)17-16/h6-8,18H,2,5,9,16H2,1,3-4H3,(H,17,19). The van der Waals surface area contributed by atoms with Gasteiger partial charge in [0.2, 0.25) is 5.91 Å². The summed E-state index contributed by atoms with van der Waals surface area (Å²) in [6.07, 6.45) is 1.25. The van der Waals surface area contributed by atoms with E-state index in [4.69, 9.17) is 5.84 Å². The molecule has 19 heavy (non-hydrogen) atoms. The number of allylic oxidation sites excluding steroid dienone is 1. The third kappa shape index (κ3) is 3.58. The van der Waals surface area contributed by atoms with Crippen LogP contribution < -0.4 is 11.3 Å². The highest BCUT2D eigenvalue weighted by atomic mass is 16.3. The lowest BCUT2D eigenvalue weighted by Gasteiger charge is -2.23. The third-order valence-corrected chi connectivity index (χ3v) is 3.27. The Kier molecular flexibility index (Phi) is 4.72. The van der Waals surface area contributed by atoms with Gasteiger partial charge in [0.05, 0.1) is 0 Å². The van der Waals surface area contributed by atoms with Gasteiger partial charge in [0.15, 0.2) is 0 Å².